The molecule has 0 radical (unpaired) electrons. The molecule has 0 bridgehead atoms. The van der Waals surface area contributed by atoms with E-state index in [1.165, 1.54) is 6.33 Å². The smallest absolute Gasteiger partial charge is 0.330 e. The van der Waals surface area contributed by atoms with E-state index in [1.807, 2.05) is 66.3 Å². The number of nitrogens with zero attached hydrogens (tertiary/aromatic N) is 8. The van der Waals surface area contributed by atoms with Crippen molar-refractivity contribution in [2.45, 2.75) is 93.4 Å². The van der Waals surface area contributed by atoms with Crippen molar-refractivity contribution >= 4 is 17.3 Å². The number of benzene rings is 4. The number of hydrogen-bond donors (Lipinski definition) is 6. The van der Waals surface area contributed by atoms with Gasteiger partial charge in [-0.05, 0) is 118 Å². The number of nitrogens with one attached hydrogen (secondary N) is 5. The van der Waals surface area contributed by atoms with Gasteiger partial charge in [-0.3, -0.25) is 23.4 Å². The summed E-state index contributed by atoms with van der Waals surface area (Å²) in [5.41, 5.74) is 25.8. The molecule has 7 N–H and O–H groups in total. The summed E-state index contributed by atoms with van der Waals surface area (Å²) in [5, 5.41) is 13.2. The zero-order valence-electron chi connectivity index (χ0n) is 45.5. The van der Waals surface area contributed by atoms with Gasteiger partial charge in [-0.2, -0.15) is 0 Å². The Kier molecular flexibility index (Phi) is 16.3. The summed E-state index contributed by atoms with van der Waals surface area (Å²) < 4.78 is 31.5. The van der Waals surface area contributed by atoms with Crippen LogP contribution in [0.5, 0.6) is 23.0 Å². The zero-order chi connectivity index (χ0) is 54.3. The molecule has 5 heterocycles. The average Bonchev–Trinajstić information content (AvgIpc) is 3.94. The van der Waals surface area contributed by atoms with Crippen molar-refractivity contribution in [2.24, 2.45) is 15.7 Å². The number of aryl methyl sites for hydroxylation is 7. The number of rotatable bonds is 21. The monoisotopic (exact) mass is 1050 g/mol. The van der Waals surface area contributed by atoms with Gasteiger partial charge in [0.25, 0.3) is 0 Å². The van der Waals surface area contributed by atoms with Crippen LogP contribution in [0.2, 0.25) is 0 Å². The molecule has 3 aromatic heterocycles. The minimum atomic E-state index is -0.173. The SMILES string of the molecule is CCOc1cc2c(cc1OC)-c1c/c(=N\c3c(C)cc(C)cc3CCOc3cc4c(cc3OC)-c3c/c(=N\c5c(C)cc(C)cc5C)n(CCN/C(N)=C/NNC)c(=O)n3CC4)n(CCCNc3nc[nH]n3)c(=O)n1CC2. The number of aromatic amines is 1. The van der Waals surface area contributed by atoms with E-state index >= 15 is 0 Å². The van der Waals surface area contributed by atoms with Crippen LogP contribution in [0, 0.1) is 34.6 Å². The van der Waals surface area contributed by atoms with E-state index in [9.17, 15) is 9.59 Å². The van der Waals surface area contributed by atoms with Crippen LogP contribution in [-0.4, -0.2) is 81.0 Å². The van der Waals surface area contributed by atoms with Crippen LogP contribution in [0.15, 0.2) is 98.6 Å². The maximum atomic E-state index is 14.7. The van der Waals surface area contributed by atoms with Crippen LogP contribution < -0.4 is 68.5 Å². The number of ether oxygens (including phenoxy) is 4. The third-order valence-corrected chi connectivity index (χ3v) is 14.0. The summed E-state index contributed by atoms with van der Waals surface area (Å²) in [6, 6.07) is 20.5. The molecule has 2 aliphatic heterocycles. The molecule has 2 aliphatic rings. The van der Waals surface area contributed by atoms with Crippen LogP contribution in [-0.2, 0) is 45.4 Å². The molecule has 0 saturated heterocycles. The molecule has 0 aliphatic carbocycles. The molecule has 404 valence electrons. The lowest BCUT2D eigenvalue weighted by atomic mass is 9.96. The van der Waals surface area contributed by atoms with Crippen molar-refractivity contribution < 1.29 is 18.9 Å². The Balaban J connectivity index is 1.05. The predicted octanol–water partition coefficient (Wildman–Crippen LogP) is 5.80. The number of hydrazine groups is 1. The highest BCUT2D eigenvalue weighted by Gasteiger charge is 2.25. The fourth-order valence-corrected chi connectivity index (χ4v) is 10.5. The Morgan fingerprint density at radius 3 is 1.87 bits per heavy atom. The number of aromatic nitrogens is 7. The molecule has 9 rings (SSSR count). The van der Waals surface area contributed by atoms with Crippen LogP contribution in [0.1, 0.15) is 57.9 Å². The summed E-state index contributed by atoms with van der Waals surface area (Å²) in [6.07, 6.45) is 5.52. The number of methoxy groups -OCH3 is 2. The first-order valence-electron chi connectivity index (χ1n) is 26.1. The summed E-state index contributed by atoms with van der Waals surface area (Å²) in [7, 11) is 5.00. The fourth-order valence-electron chi connectivity index (χ4n) is 10.5. The first kappa shape index (κ1) is 53.3. The zero-order valence-corrected chi connectivity index (χ0v) is 45.5. The molecular formula is C57H70N14O6. The van der Waals surface area contributed by atoms with Crippen LogP contribution >= 0.6 is 0 Å². The molecule has 7 aromatic rings. The number of anilines is 1. The van der Waals surface area contributed by atoms with Gasteiger partial charge in [-0.1, -0.05) is 35.4 Å². The fraction of sp³-hybridized carbons (Fsp3) is 0.368. The molecule has 0 saturated carbocycles. The second kappa shape index (κ2) is 23.6. The number of nitrogens with two attached hydrogens (primary N) is 1. The van der Waals surface area contributed by atoms with Gasteiger partial charge in [0, 0.05) is 76.0 Å². The van der Waals surface area contributed by atoms with Gasteiger partial charge in [0.1, 0.15) is 23.1 Å². The van der Waals surface area contributed by atoms with E-state index in [0.717, 1.165) is 78.4 Å². The standard InChI is InChI=1S/C57H70N14O6/c1-10-76-48-26-39-12-18-68-45(42(39)28-46(48)74-8)31-52(70(56(68)72)17-11-15-61-55-62-33-64-67-55)66-54-38(6)24-35(3)25-41(54)14-21-77-49-27-40-13-19-69-44(43(40)29-47(49)75-9)30-51(65-53-36(4)22-34(2)23-37(53)5)71(57(69)73)20-16-60-50(58)32-63-59-7/h22-33,59-60,63H,10-21,58H2,1-9H3,(H2,61,62,64,67)/b50-32+,65-51+,66-52+. The molecule has 20 heteroatoms. The van der Waals surface area contributed by atoms with Gasteiger partial charge in [-0.15, -0.1) is 5.10 Å². The van der Waals surface area contributed by atoms with Gasteiger partial charge in [0.2, 0.25) is 5.95 Å². The number of hydrogen-bond acceptors (Lipinski definition) is 15. The van der Waals surface area contributed by atoms with Crippen molar-refractivity contribution in [2.75, 3.05) is 52.9 Å². The average molecular weight is 1050 g/mol. The van der Waals surface area contributed by atoms with E-state index in [0.29, 0.717) is 124 Å². The molecule has 0 unspecified atom stereocenters. The van der Waals surface area contributed by atoms with Gasteiger partial charge in [0.05, 0.1) is 56.4 Å². The second-order valence-electron chi connectivity index (χ2n) is 19.4. The van der Waals surface area contributed by atoms with Crippen LogP contribution in [0.4, 0.5) is 17.3 Å². The molecular weight excluding hydrogens is 977 g/mol. The van der Waals surface area contributed by atoms with Gasteiger partial charge >= 0.3 is 11.4 Å². The van der Waals surface area contributed by atoms with E-state index in [4.69, 9.17) is 34.7 Å². The minimum Gasteiger partial charge on any atom is -0.493 e. The molecule has 0 amide bonds. The second-order valence-corrected chi connectivity index (χ2v) is 19.4. The van der Waals surface area contributed by atoms with Gasteiger partial charge in [0.15, 0.2) is 23.0 Å². The van der Waals surface area contributed by atoms with E-state index in [2.05, 4.69) is 81.7 Å². The molecule has 0 fully saturated rings. The molecule has 4 aromatic carbocycles. The lowest BCUT2D eigenvalue weighted by molar-refractivity contribution is 0.297. The maximum absolute atomic E-state index is 14.7. The molecule has 0 spiro atoms. The topological polar surface area (TPSA) is 231 Å². The lowest BCUT2D eigenvalue weighted by Crippen LogP contribution is -2.44. The Labute approximate surface area is 447 Å². The van der Waals surface area contributed by atoms with Crippen LogP contribution in [0.3, 0.4) is 0 Å². The predicted molar refractivity (Wildman–Crippen MR) is 298 cm³/mol. The van der Waals surface area contributed by atoms with Crippen molar-refractivity contribution in [3.8, 4) is 45.5 Å². The van der Waals surface area contributed by atoms with Gasteiger partial charge < -0.3 is 40.7 Å². The Hall–Kier alpha value is -8.52. The van der Waals surface area contributed by atoms with E-state index in [-0.39, 0.29) is 11.4 Å². The highest BCUT2D eigenvalue weighted by atomic mass is 16.5. The highest BCUT2D eigenvalue weighted by Crippen LogP contribution is 2.40. The maximum Gasteiger partial charge on any atom is 0.330 e. The Bertz CT molecular complexity index is 3600. The number of fused-ring (bicyclic) bond motifs is 6. The van der Waals surface area contributed by atoms with Crippen LogP contribution in [0.25, 0.3) is 22.5 Å². The highest BCUT2D eigenvalue weighted by molar-refractivity contribution is 5.71. The molecule has 77 heavy (non-hydrogen) atoms. The minimum absolute atomic E-state index is 0.148. The van der Waals surface area contributed by atoms with Crippen molar-refractivity contribution in [1.29, 1.82) is 0 Å². The third-order valence-electron chi connectivity index (χ3n) is 14.0. The summed E-state index contributed by atoms with van der Waals surface area (Å²) in [6.45, 7) is 15.7. The Morgan fingerprint density at radius 2 is 1.30 bits per heavy atom. The normalized spacial score (nSPS) is 13.1. The summed E-state index contributed by atoms with van der Waals surface area (Å²) in [4.78, 5) is 44.0. The Morgan fingerprint density at radius 1 is 0.727 bits per heavy atom. The molecule has 0 atom stereocenters. The lowest BCUT2D eigenvalue weighted by Gasteiger charge is -2.25. The van der Waals surface area contributed by atoms with E-state index in [1.54, 1.807) is 36.6 Å². The first-order chi connectivity index (χ1) is 37.3. The van der Waals surface area contributed by atoms with Gasteiger partial charge in [-0.25, -0.2) is 30.0 Å². The van der Waals surface area contributed by atoms with Crippen molar-refractivity contribution in [3.05, 3.63) is 155 Å². The largest absolute Gasteiger partial charge is 0.493 e. The summed E-state index contributed by atoms with van der Waals surface area (Å²) in [5.74, 6) is 3.32. The van der Waals surface area contributed by atoms with Crippen molar-refractivity contribution in [3.63, 3.8) is 0 Å². The van der Waals surface area contributed by atoms with Crippen molar-refractivity contribution in [1.82, 2.24) is 49.6 Å². The summed E-state index contributed by atoms with van der Waals surface area (Å²) >= 11 is 0. The third kappa shape index (κ3) is 11.5. The quantitative estimate of drug-likeness (QED) is 0.0370. The molecule has 20 nitrogen and oxygen atoms in total. The number of H-pyrrole nitrogens is 1. The van der Waals surface area contributed by atoms with E-state index < -0.39 is 0 Å². The first-order valence-corrected chi connectivity index (χ1v) is 26.1.